The van der Waals surface area contributed by atoms with E-state index in [2.05, 4.69) is 5.32 Å². The average molecular weight is 309 g/mol. The van der Waals surface area contributed by atoms with Gasteiger partial charge in [-0.15, -0.1) is 0 Å². The first-order valence-electron chi connectivity index (χ1n) is 6.00. The van der Waals surface area contributed by atoms with Crippen LogP contribution in [0.5, 0.6) is 0 Å². The zero-order valence-electron chi connectivity index (χ0n) is 10.9. The van der Waals surface area contributed by atoms with Gasteiger partial charge in [-0.2, -0.15) is 24.9 Å². The zero-order chi connectivity index (χ0) is 15.2. The Morgan fingerprint density at radius 2 is 2.00 bits per heavy atom. The predicted molar refractivity (Wildman–Crippen MR) is 71.4 cm³/mol. The van der Waals surface area contributed by atoms with Crippen molar-refractivity contribution in [3.63, 3.8) is 0 Å². The van der Waals surface area contributed by atoms with E-state index >= 15 is 0 Å². The summed E-state index contributed by atoms with van der Waals surface area (Å²) >= 11 is 1.67. The largest absolute Gasteiger partial charge is 0.419 e. The number of unbranched alkanes of at least 4 members (excludes halogenated alkanes) is 1. The third kappa shape index (κ3) is 4.70. The third-order valence-corrected chi connectivity index (χ3v) is 3.31. The molecule has 20 heavy (non-hydrogen) atoms. The predicted octanol–water partition coefficient (Wildman–Crippen LogP) is 3.72. The van der Waals surface area contributed by atoms with Gasteiger partial charge in [0.05, 0.1) is 11.1 Å². The number of hydrogen-bond donors (Lipinski definition) is 1. The minimum absolute atomic E-state index is 0.315. The van der Waals surface area contributed by atoms with Crippen LogP contribution in [0.15, 0.2) is 18.2 Å². The Bertz CT molecular complexity index is 462. The molecule has 0 unspecified atom stereocenters. The van der Waals surface area contributed by atoms with Gasteiger partial charge in [-0.05, 0) is 37.0 Å². The lowest BCUT2D eigenvalue weighted by Gasteiger charge is -2.11. The van der Waals surface area contributed by atoms with Gasteiger partial charge in [-0.25, -0.2) is 4.39 Å². The maximum atomic E-state index is 13.7. The summed E-state index contributed by atoms with van der Waals surface area (Å²) in [6, 6.07) is 2.68. The molecule has 0 spiro atoms. The Morgan fingerprint density at radius 1 is 1.30 bits per heavy atom. The standard InChI is InChI=1S/C13H15F4NOS/c1-20-8-3-2-7-18-12(19)9-5-4-6-10(11(9)14)13(15,16)17/h4-6H,2-3,7-8H2,1H3,(H,18,19). The molecule has 1 aromatic rings. The van der Waals surface area contributed by atoms with E-state index in [0.717, 1.165) is 24.3 Å². The molecular formula is C13H15F4NOS. The van der Waals surface area contributed by atoms with Gasteiger partial charge in [0, 0.05) is 6.54 Å². The lowest BCUT2D eigenvalue weighted by atomic mass is 10.1. The lowest BCUT2D eigenvalue weighted by Crippen LogP contribution is -2.26. The van der Waals surface area contributed by atoms with Crippen molar-refractivity contribution in [2.75, 3.05) is 18.6 Å². The molecule has 0 fully saturated rings. The highest BCUT2D eigenvalue weighted by Crippen LogP contribution is 2.32. The number of amides is 1. The molecule has 0 aliphatic rings. The van der Waals surface area contributed by atoms with E-state index in [9.17, 15) is 22.4 Å². The molecule has 0 aliphatic heterocycles. The molecular weight excluding hydrogens is 294 g/mol. The summed E-state index contributed by atoms with van der Waals surface area (Å²) in [4.78, 5) is 11.7. The van der Waals surface area contributed by atoms with E-state index in [0.29, 0.717) is 19.0 Å². The van der Waals surface area contributed by atoms with E-state index in [4.69, 9.17) is 0 Å². The average Bonchev–Trinajstić information content (AvgIpc) is 2.37. The molecule has 0 heterocycles. The fourth-order valence-electron chi connectivity index (χ4n) is 1.59. The van der Waals surface area contributed by atoms with Crippen molar-refractivity contribution >= 4 is 17.7 Å². The van der Waals surface area contributed by atoms with Gasteiger partial charge in [0.1, 0.15) is 5.82 Å². The van der Waals surface area contributed by atoms with Crippen LogP contribution in [0.3, 0.4) is 0 Å². The van der Waals surface area contributed by atoms with Crippen LogP contribution in [-0.4, -0.2) is 24.5 Å². The summed E-state index contributed by atoms with van der Waals surface area (Å²) in [7, 11) is 0. The first kappa shape index (κ1) is 16.8. The van der Waals surface area contributed by atoms with Crippen LogP contribution >= 0.6 is 11.8 Å². The second-order valence-corrected chi connectivity index (χ2v) is 5.11. The molecule has 1 amide bonds. The van der Waals surface area contributed by atoms with Gasteiger partial charge in [-0.3, -0.25) is 4.79 Å². The summed E-state index contributed by atoms with van der Waals surface area (Å²) < 4.78 is 51.2. The van der Waals surface area contributed by atoms with Crippen molar-refractivity contribution in [2.24, 2.45) is 0 Å². The van der Waals surface area contributed by atoms with E-state index in [1.165, 1.54) is 0 Å². The van der Waals surface area contributed by atoms with Crippen LogP contribution in [0.2, 0.25) is 0 Å². The maximum Gasteiger partial charge on any atom is 0.419 e. The number of nitrogens with one attached hydrogen (secondary N) is 1. The van der Waals surface area contributed by atoms with E-state index in [-0.39, 0.29) is 0 Å². The Hall–Kier alpha value is -1.24. The summed E-state index contributed by atoms with van der Waals surface area (Å²) in [5, 5.41) is 2.42. The second-order valence-electron chi connectivity index (χ2n) is 4.12. The molecule has 0 atom stereocenters. The third-order valence-electron chi connectivity index (χ3n) is 2.61. The number of alkyl halides is 3. The number of carbonyl (C=O) groups excluding carboxylic acids is 1. The van der Waals surface area contributed by atoms with Crippen LogP contribution in [0.25, 0.3) is 0 Å². The smallest absolute Gasteiger partial charge is 0.352 e. The Morgan fingerprint density at radius 3 is 2.60 bits per heavy atom. The fraction of sp³-hybridized carbons (Fsp3) is 0.462. The Labute approximate surface area is 118 Å². The molecule has 0 saturated heterocycles. The highest BCUT2D eigenvalue weighted by Gasteiger charge is 2.35. The number of hydrogen-bond acceptors (Lipinski definition) is 2. The van der Waals surface area contributed by atoms with Crippen molar-refractivity contribution in [1.29, 1.82) is 0 Å². The van der Waals surface area contributed by atoms with Crippen LogP contribution < -0.4 is 5.32 Å². The van der Waals surface area contributed by atoms with E-state index in [1.54, 1.807) is 11.8 Å². The topological polar surface area (TPSA) is 29.1 Å². The molecule has 1 rings (SSSR count). The second kappa shape index (κ2) is 7.52. The maximum absolute atomic E-state index is 13.7. The monoisotopic (exact) mass is 309 g/mol. The normalized spacial score (nSPS) is 11.4. The van der Waals surface area contributed by atoms with Crippen LogP contribution in [-0.2, 0) is 6.18 Å². The molecule has 0 radical (unpaired) electrons. The van der Waals surface area contributed by atoms with Gasteiger partial charge in [-0.1, -0.05) is 6.07 Å². The molecule has 1 N–H and O–H groups in total. The molecule has 0 saturated carbocycles. The Balaban J connectivity index is 2.69. The van der Waals surface area contributed by atoms with Gasteiger partial charge < -0.3 is 5.32 Å². The molecule has 112 valence electrons. The van der Waals surface area contributed by atoms with Crippen molar-refractivity contribution in [3.8, 4) is 0 Å². The summed E-state index contributed by atoms with van der Waals surface area (Å²) in [6.07, 6.45) is -1.27. The SMILES string of the molecule is CSCCCCNC(=O)c1cccc(C(F)(F)F)c1F. The molecule has 0 aliphatic carbocycles. The van der Waals surface area contributed by atoms with Crippen LogP contribution in [0, 0.1) is 5.82 Å². The molecule has 7 heteroatoms. The highest BCUT2D eigenvalue weighted by molar-refractivity contribution is 7.98. The summed E-state index contributed by atoms with van der Waals surface area (Å²) in [5.41, 5.74) is -2.00. The van der Waals surface area contributed by atoms with Crippen molar-refractivity contribution < 1.29 is 22.4 Å². The quantitative estimate of drug-likeness (QED) is 0.641. The first-order valence-corrected chi connectivity index (χ1v) is 7.40. The van der Waals surface area contributed by atoms with Crippen molar-refractivity contribution in [2.45, 2.75) is 19.0 Å². The van der Waals surface area contributed by atoms with Gasteiger partial charge >= 0.3 is 6.18 Å². The Kier molecular flexibility index (Phi) is 6.32. The molecule has 0 bridgehead atoms. The number of halogens is 4. The van der Waals surface area contributed by atoms with Crippen LogP contribution in [0.4, 0.5) is 17.6 Å². The molecule has 0 aromatic heterocycles. The van der Waals surface area contributed by atoms with Crippen molar-refractivity contribution in [3.05, 3.63) is 35.1 Å². The highest BCUT2D eigenvalue weighted by atomic mass is 32.2. The lowest BCUT2D eigenvalue weighted by molar-refractivity contribution is -0.140. The van der Waals surface area contributed by atoms with Crippen LogP contribution in [0.1, 0.15) is 28.8 Å². The number of carbonyl (C=O) groups is 1. The minimum Gasteiger partial charge on any atom is -0.352 e. The summed E-state index contributed by atoms with van der Waals surface area (Å²) in [6.45, 7) is 0.315. The summed E-state index contributed by atoms with van der Waals surface area (Å²) in [5.74, 6) is -1.41. The number of rotatable bonds is 6. The van der Waals surface area contributed by atoms with Gasteiger partial charge in [0.15, 0.2) is 0 Å². The van der Waals surface area contributed by atoms with Gasteiger partial charge in [0.2, 0.25) is 0 Å². The zero-order valence-corrected chi connectivity index (χ0v) is 11.7. The number of benzene rings is 1. The first-order chi connectivity index (χ1) is 9.38. The van der Waals surface area contributed by atoms with E-state index < -0.39 is 29.0 Å². The van der Waals surface area contributed by atoms with Gasteiger partial charge in [0.25, 0.3) is 5.91 Å². The minimum atomic E-state index is -4.81. The van der Waals surface area contributed by atoms with Crippen molar-refractivity contribution in [1.82, 2.24) is 5.32 Å². The molecule has 1 aromatic carbocycles. The molecule has 2 nitrogen and oxygen atoms in total. The fourth-order valence-corrected chi connectivity index (χ4v) is 2.09. The number of thioether (sulfide) groups is 1. The van der Waals surface area contributed by atoms with E-state index in [1.807, 2.05) is 6.26 Å².